The summed E-state index contributed by atoms with van der Waals surface area (Å²) < 4.78 is 28.6. The maximum Gasteiger partial charge on any atom is 0.264 e. The van der Waals surface area contributed by atoms with Crippen LogP contribution in [0.25, 0.3) is 0 Å². The molecule has 1 atom stereocenters. The maximum atomic E-state index is 13.5. The summed E-state index contributed by atoms with van der Waals surface area (Å²) in [5, 5.41) is 1.87. The number of rotatable bonds is 4. The van der Waals surface area contributed by atoms with Crippen molar-refractivity contribution >= 4 is 38.9 Å². The molecule has 1 aromatic heterocycles. The molecule has 0 saturated carbocycles. The van der Waals surface area contributed by atoms with Crippen LogP contribution < -0.4 is 4.31 Å². The van der Waals surface area contributed by atoms with Gasteiger partial charge in [0.25, 0.3) is 21.8 Å². The number of fused-ring (bicyclic) bond motifs is 1. The first kappa shape index (κ1) is 22.6. The van der Waals surface area contributed by atoms with E-state index in [-0.39, 0.29) is 22.8 Å². The van der Waals surface area contributed by atoms with Gasteiger partial charge in [-0.2, -0.15) is 0 Å². The molecule has 9 heteroatoms. The first-order chi connectivity index (χ1) is 16.4. The predicted octanol–water partition coefficient (Wildman–Crippen LogP) is 3.49. The molecule has 0 N–H and O–H groups in total. The van der Waals surface area contributed by atoms with Gasteiger partial charge in [0.2, 0.25) is 0 Å². The Morgan fingerprint density at radius 1 is 0.882 bits per heavy atom. The van der Waals surface area contributed by atoms with Crippen LogP contribution in [-0.2, 0) is 16.4 Å². The van der Waals surface area contributed by atoms with Crippen molar-refractivity contribution in [3.8, 4) is 0 Å². The summed E-state index contributed by atoms with van der Waals surface area (Å²) in [5.74, 6) is -0.245. The van der Waals surface area contributed by atoms with E-state index in [2.05, 4.69) is 0 Å². The molecule has 0 aliphatic carbocycles. The zero-order chi connectivity index (χ0) is 23.9. The molecule has 0 bridgehead atoms. The number of benzene rings is 2. The first-order valence-electron chi connectivity index (χ1n) is 11.2. The Labute approximate surface area is 203 Å². The third-order valence-corrected chi connectivity index (χ3v) is 9.15. The van der Waals surface area contributed by atoms with Crippen LogP contribution in [0, 0.1) is 0 Å². The summed E-state index contributed by atoms with van der Waals surface area (Å²) in [5.41, 5.74) is 2.03. The molecule has 3 heterocycles. The van der Waals surface area contributed by atoms with Gasteiger partial charge in [0.1, 0.15) is 0 Å². The number of amides is 2. The normalized spacial score (nSPS) is 18.1. The number of hydrogen-bond donors (Lipinski definition) is 0. The van der Waals surface area contributed by atoms with Crippen molar-refractivity contribution in [3.63, 3.8) is 0 Å². The van der Waals surface area contributed by atoms with Crippen LogP contribution in [0.1, 0.15) is 32.5 Å². The molecule has 1 saturated heterocycles. The number of anilines is 1. The number of thiophene rings is 1. The average Bonchev–Trinajstić information content (AvgIpc) is 3.51. The van der Waals surface area contributed by atoms with Gasteiger partial charge in [0.05, 0.1) is 15.5 Å². The number of para-hydroxylation sites is 1. The molecule has 3 aromatic rings. The van der Waals surface area contributed by atoms with Gasteiger partial charge in [-0.1, -0.05) is 30.3 Å². The Kier molecular flexibility index (Phi) is 5.91. The molecule has 5 rings (SSSR count). The number of sulfonamides is 1. The molecule has 0 spiro atoms. The van der Waals surface area contributed by atoms with E-state index in [1.807, 2.05) is 42.6 Å². The van der Waals surface area contributed by atoms with Gasteiger partial charge in [-0.3, -0.25) is 13.9 Å². The average molecular weight is 496 g/mol. The van der Waals surface area contributed by atoms with Crippen molar-refractivity contribution in [3.05, 3.63) is 82.0 Å². The molecule has 2 amide bonds. The van der Waals surface area contributed by atoms with Gasteiger partial charge >= 0.3 is 0 Å². The highest BCUT2D eigenvalue weighted by molar-refractivity contribution is 7.92. The van der Waals surface area contributed by atoms with Crippen molar-refractivity contribution in [2.24, 2.45) is 0 Å². The molecular weight excluding hydrogens is 470 g/mol. The lowest BCUT2D eigenvalue weighted by molar-refractivity contribution is 0.0538. The number of nitrogens with zero attached hydrogens (tertiary/aromatic N) is 3. The van der Waals surface area contributed by atoms with Crippen LogP contribution in [0.5, 0.6) is 0 Å². The van der Waals surface area contributed by atoms with Crippen molar-refractivity contribution in [1.82, 2.24) is 9.80 Å². The van der Waals surface area contributed by atoms with Gasteiger partial charge in [-0.05, 0) is 54.6 Å². The minimum atomic E-state index is -3.82. The van der Waals surface area contributed by atoms with Gasteiger partial charge in [0, 0.05) is 37.8 Å². The second-order valence-corrected chi connectivity index (χ2v) is 11.3. The number of piperazine rings is 1. The standard InChI is InChI=1S/C25H25N3O4S2/c1-18-16-19-6-2-3-9-22(19)28(18)34(31,32)21-8-4-7-20(17-21)24(29)26-11-13-27(14-12-26)25(30)23-10-5-15-33-23/h2-10,15,17-18H,11-14,16H2,1H3/t18-/m0/s1. The predicted molar refractivity (Wildman–Crippen MR) is 132 cm³/mol. The highest BCUT2D eigenvalue weighted by atomic mass is 32.2. The lowest BCUT2D eigenvalue weighted by Gasteiger charge is -2.34. The highest BCUT2D eigenvalue weighted by Gasteiger charge is 2.36. The molecule has 2 aromatic carbocycles. The molecule has 1 fully saturated rings. The summed E-state index contributed by atoms with van der Waals surface area (Å²) in [4.78, 5) is 30.0. The Morgan fingerprint density at radius 3 is 2.29 bits per heavy atom. The van der Waals surface area contributed by atoms with Gasteiger partial charge in [-0.15, -0.1) is 11.3 Å². The molecule has 2 aliphatic rings. The topological polar surface area (TPSA) is 78.0 Å². The zero-order valence-corrected chi connectivity index (χ0v) is 20.4. The monoisotopic (exact) mass is 495 g/mol. The minimum Gasteiger partial charge on any atom is -0.335 e. The van der Waals surface area contributed by atoms with Crippen LogP contribution in [0.3, 0.4) is 0 Å². The zero-order valence-electron chi connectivity index (χ0n) is 18.8. The summed E-state index contributed by atoms with van der Waals surface area (Å²) in [6, 6.07) is 17.2. The third-order valence-electron chi connectivity index (χ3n) is 6.37. The van der Waals surface area contributed by atoms with E-state index in [0.717, 1.165) is 5.56 Å². The summed E-state index contributed by atoms with van der Waals surface area (Å²) in [6.07, 6.45) is 0.655. The summed E-state index contributed by atoms with van der Waals surface area (Å²) in [7, 11) is -3.82. The molecule has 0 radical (unpaired) electrons. The van der Waals surface area contributed by atoms with E-state index in [1.165, 1.54) is 27.8 Å². The summed E-state index contributed by atoms with van der Waals surface area (Å²) >= 11 is 1.41. The second kappa shape index (κ2) is 8.88. The van der Waals surface area contributed by atoms with Crippen LogP contribution in [0.15, 0.2) is 70.9 Å². The van der Waals surface area contributed by atoms with E-state index in [9.17, 15) is 18.0 Å². The van der Waals surface area contributed by atoms with Crippen molar-refractivity contribution in [1.29, 1.82) is 0 Å². The van der Waals surface area contributed by atoms with E-state index < -0.39 is 10.0 Å². The molecule has 7 nitrogen and oxygen atoms in total. The lowest BCUT2D eigenvalue weighted by Crippen LogP contribution is -2.50. The fourth-order valence-electron chi connectivity index (χ4n) is 4.66. The fourth-order valence-corrected chi connectivity index (χ4v) is 7.09. The second-order valence-electron chi connectivity index (χ2n) is 8.57. The van der Waals surface area contributed by atoms with E-state index in [0.29, 0.717) is 48.7 Å². The SMILES string of the molecule is C[C@H]1Cc2ccccc2N1S(=O)(=O)c1cccc(C(=O)N2CCN(C(=O)c3cccs3)CC2)c1. The van der Waals surface area contributed by atoms with Gasteiger partial charge in [0.15, 0.2) is 0 Å². The van der Waals surface area contributed by atoms with E-state index in [4.69, 9.17) is 0 Å². The Hall–Kier alpha value is -3.17. The van der Waals surface area contributed by atoms with Crippen LogP contribution >= 0.6 is 11.3 Å². The van der Waals surface area contributed by atoms with Gasteiger partial charge in [-0.25, -0.2) is 8.42 Å². The maximum absolute atomic E-state index is 13.5. The Morgan fingerprint density at radius 2 is 1.59 bits per heavy atom. The summed E-state index contributed by atoms with van der Waals surface area (Å²) in [6.45, 7) is 3.60. The van der Waals surface area contributed by atoms with Crippen LogP contribution in [0.4, 0.5) is 5.69 Å². The highest BCUT2D eigenvalue weighted by Crippen LogP contribution is 2.36. The lowest BCUT2D eigenvalue weighted by atomic mass is 10.1. The Balaban J connectivity index is 1.33. The first-order valence-corrected chi connectivity index (χ1v) is 13.5. The largest absolute Gasteiger partial charge is 0.335 e. The Bertz CT molecular complexity index is 1330. The molecule has 176 valence electrons. The van der Waals surface area contributed by atoms with Crippen molar-refractivity contribution in [2.45, 2.75) is 24.3 Å². The quantitative estimate of drug-likeness (QED) is 0.555. The fraction of sp³-hybridized carbons (Fsp3) is 0.280. The number of hydrogen-bond acceptors (Lipinski definition) is 5. The molecular formula is C25H25N3O4S2. The van der Waals surface area contributed by atoms with Crippen molar-refractivity contribution < 1.29 is 18.0 Å². The third kappa shape index (κ3) is 3.99. The molecule has 2 aliphatic heterocycles. The van der Waals surface area contributed by atoms with E-state index in [1.54, 1.807) is 28.0 Å². The van der Waals surface area contributed by atoms with Gasteiger partial charge < -0.3 is 9.80 Å². The van der Waals surface area contributed by atoms with Crippen LogP contribution in [-0.4, -0.2) is 62.3 Å². The number of carbonyl (C=O) groups excluding carboxylic acids is 2. The number of carbonyl (C=O) groups is 2. The minimum absolute atomic E-state index is 0.0183. The molecule has 34 heavy (non-hydrogen) atoms. The van der Waals surface area contributed by atoms with E-state index >= 15 is 0 Å². The molecule has 0 unspecified atom stereocenters. The van der Waals surface area contributed by atoms with Crippen molar-refractivity contribution in [2.75, 3.05) is 30.5 Å². The smallest absolute Gasteiger partial charge is 0.264 e. The van der Waals surface area contributed by atoms with Crippen LogP contribution in [0.2, 0.25) is 0 Å².